The van der Waals surface area contributed by atoms with Gasteiger partial charge in [-0.05, 0) is 30.9 Å². The minimum absolute atomic E-state index is 0.0644. The fourth-order valence-corrected chi connectivity index (χ4v) is 2.67. The number of fused-ring (bicyclic) bond motifs is 1. The van der Waals surface area contributed by atoms with E-state index in [2.05, 4.69) is 11.0 Å². The highest BCUT2D eigenvalue weighted by Gasteiger charge is 2.29. The monoisotopic (exact) mass is 230 g/mol. The van der Waals surface area contributed by atoms with Gasteiger partial charge >= 0.3 is 0 Å². The van der Waals surface area contributed by atoms with Crippen LogP contribution >= 0.6 is 0 Å². The van der Waals surface area contributed by atoms with Crippen molar-refractivity contribution in [3.05, 3.63) is 29.8 Å². The van der Waals surface area contributed by atoms with E-state index in [1.807, 2.05) is 18.2 Å². The van der Waals surface area contributed by atoms with Gasteiger partial charge in [0.25, 0.3) is 0 Å². The Balaban J connectivity index is 1.69. The van der Waals surface area contributed by atoms with Gasteiger partial charge in [-0.25, -0.2) is 0 Å². The molecule has 0 saturated carbocycles. The Morgan fingerprint density at radius 2 is 1.94 bits per heavy atom. The van der Waals surface area contributed by atoms with E-state index in [0.717, 1.165) is 25.3 Å². The summed E-state index contributed by atoms with van der Waals surface area (Å²) >= 11 is 0. The number of hydrogen-bond acceptors (Lipinski definition) is 2. The summed E-state index contributed by atoms with van der Waals surface area (Å²) in [6.45, 7) is 2.05. The summed E-state index contributed by atoms with van der Waals surface area (Å²) in [5, 5.41) is 8.26. The Morgan fingerprint density at radius 1 is 1.18 bits per heavy atom. The first-order chi connectivity index (χ1) is 8.34. The average molecular weight is 230 g/mol. The molecule has 1 unspecified atom stereocenters. The number of benzene rings is 1. The van der Waals surface area contributed by atoms with Gasteiger partial charge in [0, 0.05) is 19.5 Å². The normalized spacial score (nSPS) is 23.1. The van der Waals surface area contributed by atoms with Crippen molar-refractivity contribution in [1.82, 2.24) is 4.90 Å². The predicted molar refractivity (Wildman–Crippen MR) is 67.7 cm³/mol. The van der Waals surface area contributed by atoms with Crippen LogP contribution in [0.1, 0.15) is 24.8 Å². The molecule has 1 fully saturated rings. The van der Waals surface area contributed by atoms with E-state index in [4.69, 9.17) is 10.1 Å². The summed E-state index contributed by atoms with van der Waals surface area (Å²) in [6, 6.07) is 8.12. The van der Waals surface area contributed by atoms with Gasteiger partial charge in [-0.1, -0.05) is 18.2 Å². The van der Waals surface area contributed by atoms with Crippen LogP contribution in [0.2, 0.25) is 0 Å². The van der Waals surface area contributed by atoms with Crippen LogP contribution in [0.5, 0.6) is 5.75 Å². The number of hydrogen-bond donors (Lipinski definition) is 1. The van der Waals surface area contributed by atoms with Gasteiger partial charge in [0.2, 0.25) is 0 Å². The lowest BCUT2D eigenvalue weighted by molar-refractivity contribution is 0.253. The lowest BCUT2D eigenvalue weighted by atomic mass is 10.1. The van der Waals surface area contributed by atoms with Crippen molar-refractivity contribution in [1.29, 1.82) is 5.41 Å². The Morgan fingerprint density at radius 3 is 2.71 bits per heavy atom. The van der Waals surface area contributed by atoms with E-state index < -0.39 is 0 Å². The minimum atomic E-state index is -0.0644. The third kappa shape index (κ3) is 2.02. The van der Waals surface area contributed by atoms with E-state index >= 15 is 0 Å². The largest absolute Gasteiger partial charge is 0.482 e. The number of ether oxygens (including phenoxy) is 1. The molecule has 1 atom stereocenters. The molecule has 1 aromatic carbocycles. The molecule has 3 heteroatoms. The van der Waals surface area contributed by atoms with E-state index in [-0.39, 0.29) is 6.10 Å². The Kier molecular flexibility index (Phi) is 2.75. The van der Waals surface area contributed by atoms with Gasteiger partial charge in [-0.3, -0.25) is 5.41 Å². The fraction of sp³-hybridized carbons (Fsp3) is 0.500. The molecular formula is C14H18N2O. The average Bonchev–Trinajstić information content (AvgIpc) is 2.82. The van der Waals surface area contributed by atoms with E-state index in [1.165, 1.54) is 24.8 Å². The van der Waals surface area contributed by atoms with Crippen molar-refractivity contribution in [2.75, 3.05) is 13.1 Å². The molecule has 1 saturated heterocycles. The van der Waals surface area contributed by atoms with Crippen LogP contribution in [-0.4, -0.2) is 29.9 Å². The highest BCUT2D eigenvalue weighted by molar-refractivity contribution is 5.85. The Bertz CT molecular complexity index is 399. The molecule has 0 aliphatic carbocycles. The molecule has 2 heterocycles. The molecule has 0 radical (unpaired) electrons. The number of amidine groups is 1. The molecule has 0 amide bonds. The highest BCUT2D eigenvalue weighted by Crippen LogP contribution is 2.29. The summed E-state index contributed by atoms with van der Waals surface area (Å²) in [5.41, 5.74) is 1.24. The zero-order valence-electron chi connectivity index (χ0n) is 9.98. The molecule has 90 valence electrons. The molecule has 3 nitrogen and oxygen atoms in total. The van der Waals surface area contributed by atoms with Crippen LogP contribution < -0.4 is 4.74 Å². The zero-order valence-corrected chi connectivity index (χ0v) is 9.98. The molecular weight excluding hydrogens is 212 g/mol. The molecule has 17 heavy (non-hydrogen) atoms. The van der Waals surface area contributed by atoms with Crippen molar-refractivity contribution < 1.29 is 4.74 Å². The van der Waals surface area contributed by atoms with Gasteiger partial charge in [-0.2, -0.15) is 0 Å². The number of piperidine rings is 1. The smallest absolute Gasteiger partial charge is 0.159 e. The van der Waals surface area contributed by atoms with E-state index in [9.17, 15) is 0 Å². The first-order valence-corrected chi connectivity index (χ1v) is 6.42. The van der Waals surface area contributed by atoms with Gasteiger partial charge < -0.3 is 9.64 Å². The third-order valence-corrected chi connectivity index (χ3v) is 3.65. The van der Waals surface area contributed by atoms with Crippen LogP contribution in [0.15, 0.2) is 24.3 Å². The fourth-order valence-electron chi connectivity index (χ4n) is 2.67. The van der Waals surface area contributed by atoms with Gasteiger partial charge in [-0.15, -0.1) is 0 Å². The van der Waals surface area contributed by atoms with Crippen LogP contribution in [0.25, 0.3) is 0 Å². The standard InChI is InChI=1S/C14H18N2O/c15-14(16-8-4-1-5-9-16)13-10-11-6-2-3-7-12(11)17-13/h2-3,6-7,13,15H,1,4-5,8-10H2. The number of rotatable bonds is 1. The van der Waals surface area contributed by atoms with Crippen LogP contribution in [0.3, 0.4) is 0 Å². The Labute approximate surface area is 102 Å². The molecule has 1 aromatic rings. The number of nitrogens with zero attached hydrogens (tertiary/aromatic N) is 1. The van der Waals surface area contributed by atoms with Crippen LogP contribution in [-0.2, 0) is 6.42 Å². The summed E-state index contributed by atoms with van der Waals surface area (Å²) in [5.74, 6) is 1.63. The van der Waals surface area contributed by atoms with E-state index in [1.54, 1.807) is 0 Å². The van der Waals surface area contributed by atoms with Crippen LogP contribution in [0, 0.1) is 5.41 Å². The predicted octanol–water partition coefficient (Wildman–Crippen LogP) is 2.45. The third-order valence-electron chi connectivity index (χ3n) is 3.65. The number of para-hydroxylation sites is 1. The first kappa shape index (κ1) is 10.6. The minimum Gasteiger partial charge on any atom is -0.482 e. The molecule has 2 aliphatic rings. The SMILES string of the molecule is N=C(C1Cc2ccccc2O1)N1CCCCC1. The lowest BCUT2D eigenvalue weighted by Crippen LogP contribution is -2.43. The number of nitrogens with one attached hydrogen (secondary N) is 1. The van der Waals surface area contributed by atoms with Crippen molar-refractivity contribution in [2.24, 2.45) is 0 Å². The molecule has 3 rings (SSSR count). The molecule has 2 aliphatic heterocycles. The maximum atomic E-state index is 8.26. The second-order valence-electron chi connectivity index (χ2n) is 4.85. The van der Waals surface area contributed by atoms with Crippen molar-refractivity contribution >= 4 is 5.84 Å². The van der Waals surface area contributed by atoms with Crippen molar-refractivity contribution in [2.45, 2.75) is 31.8 Å². The molecule has 0 bridgehead atoms. The lowest BCUT2D eigenvalue weighted by Gasteiger charge is -2.31. The second kappa shape index (κ2) is 4.40. The van der Waals surface area contributed by atoms with Gasteiger partial charge in [0.1, 0.15) is 11.6 Å². The quantitative estimate of drug-likeness (QED) is 0.594. The molecule has 1 N–H and O–H groups in total. The van der Waals surface area contributed by atoms with E-state index in [0.29, 0.717) is 5.84 Å². The van der Waals surface area contributed by atoms with Gasteiger partial charge in [0.05, 0.1) is 0 Å². The Hall–Kier alpha value is -1.51. The molecule has 0 spiro atoms. The zero-order chi connectivity index (χ0) is 11.7. The summed E-state index contributed by atoms with van der Waals surface area (Å²) < 4.78 is 5.86. The molecule has 0 aromatic heterocycles. The summed E-state index contributed by atoms with van der Waals surface area (Å²) in [7, 11) is 0. The van der Waals surface area contributed by atoms with Crippen molar-refractivity contribution in [3.63, 3.8) is 0 Å². The van der Waals surface area contributed by atoms with Crippen molar-refractivity contribution in [3.8, 4) is 5.75 Å². The van der Waals surface area contributed by atoms with Gasteiger partial charge in [0.15, 0.2) is 6.10 Å². The summed E-state index contributed by atoms with van der Waals surface area (Å²) in [6.07, 6.45) is 4.51. The summed E-state index contributed by atoms with van der Waals surface area (Å²) in [4.78, 5) is 2.18. The number of likely N-dealkylation sites (tertiary alicyclic amines) is 1. The highest BCUT2D eigenvalue weighted by atomic mass is 16.5. The van der Waals surface area contributed by atoms with Crippen LogP contribution in [0.4, 0.5) is 0 Å². The second-order valence-corrected chi connectivity index (χ2v) is 4.85. The maximum Gasteiger partial charge on any atom is 0.159 e. The maximum absolute atomic E-state index is 8.26. The first-order valence-electron chi connectivity index (χ1n) is 6.42. The topological polar surface area (TPSA) is 36.3 Å².